The molecular formula is C23H29N3O4S. The highest BCUT2D eigenvalue weighted by Gasteiger charge is 2.27. The van der Waals surface area contributed by atoms with Crippen LogP contribution in [0.15, 0.2) is 47.4 Å². The van der Waals surface area contributed by atoms with Gasteiger partial charge in [-0.25, -0.2) is 8.42 Å². The standard InChI is InChI=1S/C23H29N3O4S/c1-4-22(27)24-18-9-7-13-26(15-18)23(28)20-14-19(12-11-16(20)2)31(29,30)25-21-10-6-5-8-17(21)3/h5-6,8,10-12,14,18,25H,4,7,9,13,15H2,1-3H3,(H,24,27). The van der Waals surface area contributed by atoms with Crippen LogP contribution in [0.3, 0.4) is 0 Å². The van der Waals surface area contributed by atoms with Crippen LogP contribution in [0.2, 0.25) is 0 Å². The molecule has 0 radical (unpaired) electrons. The van der Waals surface area contributed by atoms with Crippen molar-refractivity contribution in [1.82, 2.24) is 10.2 Å². The van der Waals surface area contributed by atoms with Crippen LogP contribution >= 0.6 is 0 Å². The van der Waals surface area contributed by atoms with Crippen molar-refractivity contribution in [2.75, 3.05) is 17.8 Å². The molecule has 1 atom stereocenters. The molecule has 31 heavy (non-hydrogen) atoms. The molecule has 1 aliphatic rings. The Kier molecular flexibility index (Phi) is 7.00. The van der Waals surface area contributed by atoms with Gasteiger partial charge in [0.2, 0.25) is 5.91 Å². The van der Waals surface area contributed by atoms with Gasteiger partial charge in [0.25, 0.3) is 15.9 Å². The summed E-state index contributed by atoms with van der Waals surface area (Å²) in [6.45, 7) is 6.41. The number of carbonyl (C=O) groups excluding carboxylic acids is 2. The molecule has 3 rings (SSSR count). The lowest BCUT2D eigenvalue weighted by Gasteiger charge is -2.33. The normalized spacial score (nSPS) is 16.6. The SMILES string of the molecule is CCC(=O)NC1CCCN(C(=O)c2cc(S(=O)(=O)Nc3ccccc3C)ccc2C)C1. The predicted octanol–water partition coefficient (Wildman–Crippen LogP) is 3.24. The van der Waals surface area contributed by atoms with Crippen LogP contribution < -0.4 is 10.0 Å². The van der Waals surface area contributed by atoms with Crippen molar-refractivity contribution >= 4 is 27.5 Å². The molecule has 1 unspecified atom stereocenters. The van der Waals surface area contributed by atoms with Crippen LogP contribution in [0.5, 0.6) is 0 Å². The van der Waals surface area contributed by atoms with Gasteiger partial charge < -0.3 is 10.2 Å². The van der Waals surface area contributed by atoms with Crippen molar-refractivity contribution in [2.45, 2.75) is 51.0 Å². The third kappa shape index (κ3) is 5.44. The first-order valence-corrected chi connectivity index (χ1v) is 12.0. The molecule has 1 heterocycles. The van der Waals surface area contributed by atoms with E-state index >= 15 is 0 Å². The molecule has 2 N–H and O–H groups in total. The van der Waals surface area contributed by atoms with Crippen LogP contribution in [0.4, 0.5) is 5.69 Å². The van der Waals surface area contributed by atoms with Crippen LogP contribution in [0.1, 0.15) is 47.7 Å². The number of para-hydroxylation sites is 1. The van der Waals surface area contributed by atoms with Crippen molar-refractivity contribution in [3.8, 4) is 0 Å². The summed E-state index contributed by atoms with van der Waals surface area (Å²) in [4.78, 5) is 26.7. The average Bonchev–Trinajstić information content (AvgIpc) is 2.75. The fraction of sp³-hybridized carbons (Fsp3) is 0.391. The zero-order valence-corrected chi connectivity index (χ0v) is 19.0. The molecule has 0 spiro atoms. The average molecular weight is 444 g/mol. The number of amides is 2. The van der Waals surface area contributed by atoms with Gasteiger partial charge >= 0.3 is 0 Å². The molecular weight excluding hydrogens is 414 g/mol. The minimum absolute atomic E-state index is 0.0362. The van der Waals surface area contributed by atoms with Crippen molar-refractivity contribution in [3.63, 3.8) is 0 Å². The second-order valence-corrected chi connectivity index (χ2v) is 9.59. The number of piperidine rings is 1. The molecule has 1 fully saturated rings. The van der Waals surface area contributed by atoms with Gasteiger partial charge in [0.15, 0.2) is 0 Å². The first kappa shape index (κ1) is 22.8. The van der Waals surface area contributed by atoms with E-state index in [1.807, 2.05) is 19.1 Å². The number of benzene rings is 2. The Morgan fingerprint density at radius 2 is 1.84 bits per heavy atom. The lowest BCUT2D eigenvalue weighted by molar-refractivity contribution is -0.121. The zero-order valence-electron chi connectivity index (χ0n) is 18.1. The van der Waals surface area contributed by atoms with E-state index < -0.39 is 10.0 Å². The van der Waals surface area contributed by atoms with E-state index in [4.69, 9.17) is 0 Å². The molecule has 7 nitrogen and oxygen atoms in total. The summed E-state index contributed by atoms with van der Waals surface area (Å²) in [5.74, 6) is -0.258. The maximum atomic E-state index is 13.2. The van der Waals surface area contributed by atoms with Gasteiger partial charge in [0, 0.05) is 31.1 Å². The first-order chi connectivity index (χ1) is 14.7. The van der Waals surface area contributed by atoms with Gasteiger partial charge in [0.05, 0.1) is 10.6 Å². The molecule has 0 aliphatic carbocycles. The number of hydrogen-bond acceptors (Lipinski definition) is 4. The van der Waals surface area contributed by atoms with E-state index in [0.717, 1.165) is 18.4 Å². The summed E-state index contributed by atoms with van der Waals surface area (Å²) in [7, 11) is -3.85. The summed E-state index contributed by atoms with van der Waals surface area (Å²) in [5, 5.41) is 2.95. The third-order valence-corrected chi connectivity index (χ3v) is 6.90. The van der Waals surface area contributed by atoms with Crippen molar-refractivity contribution in [1.29, 1.82) is 0 Å². The number of hydrogen-bond donors (Lipinski definition) is 2. The number of likely N-dealkylation sites (tertiary alicyclic amines) is 1. The molecule has 2 aromatic rings. The molecule has 166 valence electrons. The topological polar surface area (TPSA) is 95.6 Å². The number of nitrogens with one attached hydrogen (secondary N) is 2. The molecule has 0 saturated carbocycles. The van der Waals surface area contributed by atoms with Gasteiger partial charge in [-0.1, -0.05) is 31.2 Å². The molecule has 8 heteroatoms. The van der Waals surface area contributed by atoms with E-state index in [1.165, 1.54) is 12.1 Å². The number of rotatable bonds is 6. The molecule has 1 aliphatic heterocycles. The monoisotopic (exact) mass is 443 g/mol. The summed E-state index contributed by atoms with van der Waals surface area (Å²) in [6, 6.07) is 11.6. The van der Waals surface area contributed by atoms with Crippen LogP contribution in [-0.4, -0.2) is 44.3 Å². The fourth-order valence-electron chi connectivity index (χ4n) is 3.67. The number of anilines is 1. The second-order valence-electron chi connectivity index (χ2n) is 7.91. The Labute approximate surface area is 183 Å². The van der Waals surface area contributed by atoms with Gasteiger partial charge in [0.1, 0.15) is 0 Å². The fourth-order valence-corrected chi connectivity index (χ4v) is 4.83. The van der Waals surface area contributed by atoms with Gasteiger partial charge in [-0.15, -0.1) is 0 Å². The quantitative estimate of drug-likeness (QED) is 0.716. The number of nitrogens with zero attached hydrogens (tertiary/aromatic N) is 1. The largest absolute Gasteiger partial charge is 0.352 e. The van der Waals surface area contributed by atoms with Crippen LogP contribution in [-0.2, 0) is 14.8 Å². The summed E-state index contributed by atoms with van der Waals surface area (Å²) >= 11 is 0. The van der Waals surface area contributed by atoms with E-state index in [9.17, 15) is 18.0 Å². The van der Waals surface area contributed by atoms with Crippen LogP contribution in [0, 0.1) is 13.8 Å². The van der Waals surface area contributed by atoms with Crippen molar-refractivity contribution in [2.24, 2.45) is 0 Å². The van der Waals surface area contributed by atoms with Crippen LogP contribution in [0.25, 0.3) is 0 Å². The number of sulfonamides is 1. The first-order valence-electron chi connectivity index (χ1n) is 10.5. The van der Waals surface area contributed by atoms with E-state index in [2.05, 4.69) is 10.0 Å². The van der Waals surface area contributed by atoms with Gasteiger partial charge in [-0.05, 0) is 56.0 Å². The van der Waals surface area contributed by atoms with Crippen molar-refractivity contribution in [3.05, 3.63) is 59.2 Å². The Balaban J connectivity index is 1.82. The lowest BCUT2D eigenvalue weighted by atomic mass is 10.0. The highest BCUT2D eigenvalue weighted by atomic mass is 32.2. The van der Waals surface area contributed by atoms with Gasteiger partial charge in [-0.2, -0.15) is 0 Å². The molecule has 2 amide bonds. The Morgan fingerprint density at radius 1 is 1.10 bits per heavy atom. The Bertz CT molecular complexity index is 1080. The number of aryl methyl sites for hydroxylation is 2. The van der Waals surface area contributed by atoms with E-state index in [-0.39, 0.29) is 22.8 Å². The minimum Gasteiger partial charge on any atom is -0.352 e. The van der Waals surface area contributed by atoms with E-state index in [1.54, 1.807) is 36.9 Å². The molecule has 1 saturated heterocycles. The maximum absolute atomic E-state index is 13.2. The second kappa shape index (κ2) is 9.51. The third-order valence-electron chi connectivity index (χ3n) is 5.53. The van der Waals surface area contributed by atoms with E-state index in [0.29, 0.717) is 36.3 Å². The number of carbonyl (C=O) groups is 2. The molecule has 0 aromatic heterocycles. The Hall–Kier alpha value is -2.87. The summed E-state index contributed by atoms with van der Waals surface area (Å²) in [6.07, 6.45) is 2.01. The van der Waals surface area contributed by atoms with Gasteiger partial charge in [-0.3, -0.25) is 14.3 Å². The summed E-state index contributed by atoms with van der Waals surface area (Å²) < 4.78 is 28.5. The highest BCUT2D eigenvalue weighted by Crippen LogP contribution is 2.23. The molecule has 0 bridgehead atoms. The smallest absolute Gasteiger partial charge is 0.261 e. The maximum Gasteiger partial charge on any atom is 0.261 e. The Morgan fingerprint density at radius 3 is 2.55 bits per heavy atom. The highest BCUT2D eigenvalue weighted by molar-refractivity contribution is 7.92. The summed E-state index contributed by atoms with van der Waals surface area (Å²) in [5.41, 5.74) is 2.37. The minimum atomic E-state index is -3.85. The lowest BCUT2D eigenvalue weighted by Crippen LogP contribution is -2.49. The zero-order chi connectivity index (χ0) is 22.6. The van der Waals surface area contributed by atoms with Crippen molar-refractivity contribution < 1.29 is 18.0 Å². The predicted molar refractivity (Wildman–Crippen MR) is 121 cm³/mol. The molecule has 2 aromatic carbocycles.